The van der Waals surface area contributed by atoms with Gasteiger partial charge in [0.2, 0.25) is 0 Å². The predicted molar refractivity (Wildman–Crippen MR) is 44.6 cm³/mol. The Morgan fingerprint density at radius 1 is 1.58 bits per heavy atom. The van der Waals surface area contributed by atoms with Crippen LogP contribution in [-0.2, 0) is 9.53 Å². The van der Waals surface area contributed by atoms with Crippen LogP contribution in [0.25, 0.3) is 0 Å². The van der Waals surface area contributed by atoms with Gasteiger partial charge in [-0.2, -0.15) is 0 Å². The van der Waals surface area contributed by atoms with Gasteiger partial charge in [-0.25, -0.2) is 0 Å². The number of piperidine rings is 1. The van der Waals surface area contributed by atoms with Gasteiger partial charge < -0.3 is 10.1 Å². The van der Waals surface area contributed by atoms with E-state index in [0.717, 1.165) is 12.5 Å². The van der Waals surface area contributed by atoms with Crippen LogP contribution in [0.3, 0.4) is 0 Å². The number of esters is 1. The molecule has 0 amide bonds. The highest BCUT2D eigenvalue weighted by atomic mass is 16.5. The molecule has 3 nitrogen and oxygen atoms in total. The van der Waals surface area contributed by atoms with Crippen molar-refractivity contribution in [3.63, 3.8) is 0 Å². The molecule has 1 aliphatic heterocycles. The lowest BCUT2D eigenvalue weighted by Crippen LogP contribution is -2.37. The molecule has 1 heterocycles. The van der Waals surface area contributed by atoms with E-state index in [9.17, 15) is 4.79 Å². The first-order valence-electron chi connectivity index (χ1n) is 4.62. The van der Waals surface area contributed by atoms with E-state index in [1.165, 1.54) is 6.42 Å². The number of carbonyl (C=O) groups excluding carboxylic acids is 1. The molecule has 0 aromatic rings. The molecule has 12 heavy (non-hydrogen) atoms. The molecule has 1 saturated carbocycles. The van der Waals surface area contributed by atoms with Crippen LogP contribution < -0.4 is 5.32 Å². The summed E-state index contributed by atoms with van der Waals surface area (Å²) in [7, 11) is 0. The van der Waals surface area contributed by atoms with E-state index in [2.05, 4.69) is 5.32 Å². The highest BCUT2D eigenvalue weighted by Crippen LogP contribution is 2.45. The second-order valence-electron chi connectivity index (χ2n) is 4.03. The smallest absolute Gasteiger partial charge is 0.323 e. The molecule has 2 aliphatic rings. The number of fused-ring (bicyclic) bond motifs is 1. The van der Waals surface area contributed by atoms with Crippen molar-refractivity contribution in [3.8, 4) is 0 Å². The van der Waals surface area contributed by atoms with Crippen molar-refractivity contribution in [1.29, 1.82) is 0 Å². The van der Waals surface area contributed by atoms with E-state index in [4.69, 9.17) is 4.74 Å². The molecule has 2 fully saturated rings. The number of carbonyl (C=O) groups is 1. The number of hydrogen-bond donors (Lipinski definition) is 1. The van der Waals surface area contributed by atoms with Crippen molar-refractivity contribution in [2.75, 3.05) is 6.54 Å². The van der Waals surface area contributed by atoms with E-state index >= 15 is 0 Å². The van der Waals surface area contributed by atoms with Gasteiger partial charge in [0.15, 0.2) is 0 Å². The number of ether oxygens (including phenoxy) is 1. The van der Waals surface area contributed by atoms with Crippen LogP contribution in [0.4, 0.5) is 0 Å². The lowest BCUT2D eigenvalue weighted by molar-refractivity contribution is -0.150. The second kappa shape index (κ2) is 2.73. The maximum Gasteiger partial charge on any atom is 0.323 e. The topological polar surface area (TPSA) is 38.3 Å². The summed E-state index contributed by atoms with van der Waals surface area (Å²) in [5.74, 6) is 1.28. The molecule has 0 bridgehead atoms. The summed E-state index contributed by atoms with van der Waals surface area (Å²) in [5.41, 5.74) is 0. The summed E-state index contributed by atoms with van der Waals surface area (Å²) in [6.07, 6.45) is 1.22. The Balaban J connectivity index is 1.87. The minimum Gasteiger partial charge on any atom is -0.462 e. The molecule has 0 radical (unpaired) electrons. The molecule has 0 aromatic carbocycles. The van der Waals surface area contributed by atoms with Crippen molar-refractivity contribution < 1.29 is 9.53 Å². The van der Waals surface area contributed by atoms with E-state index in [-0.39, 0.29) is 18.1 Å². The molecule has 0 unspecified atom stereocenters. The highest BCUT2D eigenvalue weighted by molar-refractivity contribution is 5.77. The van der Waals surface area contributed by atoms with Gasteiger partial charge in [0.25, 0.3) is 0 Å². The normalized spacial score (nSPS) is 38.1. The van der Waals surface area contributed by atoms with Crippen LogP contribution in [0.5, 0.6) is 0 Å². The van der Waals surface area contributed by atoms with Gasteiger partial charge in [-0.15, -0.1) is 0 Å². The molecule has 3 atom stereocenters. The van der Waals surface area contributed by atoms with Crippen LogP contribution in [-0.4, -0.2) is 24.7 Å². The van der Waals surface area contributed by atoms with E-state index in [1.54, 1.807) is 0 Å². The second-order valence-corrected chi connectivity index (χ2v) is 4.03. The lowest BCUT2D eigenvalue weighted by atomic mass is 10.2. The summed E-state index contributed by atoms with van der Waals surface area (Å²) < 4.78 is 5.13. The molecule has 68 valence electrons. The molecular weight excluding hydrogens is 154 g/mol. The third kappa shape index (κ3) is 1.33. The molecule has 3 heteroatoms. The van der Waals surface area contributed by atoms with Gasteiger partial charge in [0.1, 0.15) is 6.04 Å². The lowest BCUT2D eigenvalue weighted by Gasteiger charge is -2.14. The van der Waals surface area contributed by atoms with Crippen LogP contribution in [0.2, 0.25) is 0 Å². The summed E-state index contributed by atoms with van der Waals surface area (Å²) >= 11 is 0. The Bertz CT molecular complexity index is 203. The predicted octanol–water partition coefficient (Wildman–Crippen LogP) is 0.546. The molecule has 1 N–H and O–H groups in total. The number of hydrogen-bond acceptors (Lipinski definition) is 3. The third-order valence-electron chi connectivity index (χ3n) is 2.61. The van der Waals surface area contributed by atoms with Gasteiger partial charge in [0, 0.05) is 0 Å². The standard InChI is InChI=1S/C9H15NO2/c1-5(2)12-9(11)8-7-3-6(7)4-10-8/h5-8,10H,3-4H2,1-2H3/t6-,7-,8+/m1/s1. The first kappa shape index (κ1) is 8.05. The number of rotatable bonds is 2. The van der Waals surface area contributed by atoms with Crippen LogP contribution in [0, 0.1) is 11.8 Å². The first-order valence-corrected chi connectivity index (χ1v) is 4.62. The Kier molecular flexibility index (Phi) is 1.83. The SMILES string of the molecule is CC(C)OC(=O)[C@H]1NC[C@H]2C[C@H]21. The molecule has 0 spiro atoms. The fourth-order valence-corrected chi connectivity index (χ4v) is 1.91. The average Bonchev–Trinajstić information content (AvgIpc) is 2.61. The number of nitrogens with one attached hydrogen (secondary N) is 1. The van der Waals surface area contributed by atoms with E-state index in [0.29, 0.717) is 5.92 Å². The maximum atomic E-state index is 11.4. The molecule has 0 aromatic heterocycles. The van der Waals surface area contributed by atoms with Crippen LogP contribution in [0.1, 0.15) is 20.3 Å². The Morgan fingerprint density at radius 3 is 2.75 bits per heavy atom. The van der Waals surface area contributed by atoms with Crippen molar-refractivity contribution in [3.05, 3.63) is 0 Å². The summed E-state index contributed by atoms with van der Waals surface area (Å²) in [4.78, 5) is 11.4. The fourth-order valence-electron chi connectivity index (χ4n) is 1.91. The average molecular weight is 169 g/mol. The Hall–Kier alpha value is -0.570. The van der Waals surface area contributed by atoms with Crippen LogP contribution in [0.15, 0.2) is 0 Å². The van der Waals surface area contributed by atoms with Crippen molar-refractivity contribution in [2.45, 2.75) is 32.4 Å². The monoisotopic (exact) mass is 169 g/mol. The largest absolute Gasteiger partial charge is 0.462 e. The van der Waals surface area contributed by atoms with Crippen LogP contribution >= 0.6 is 0 Å². The van der Waals surface area contributed by atoms with Gasteiger partial charge in [0.05, 0.1) is 6.10 Å². The molecular formula is C9H15NO2. The zero-order valence-electron chi connectivity index (χ0n) is 7.54. The third-order valence-corrected chi connectivity index (χ3v) is 2.61. The highest BCUT2D eigenvalue weighted by Gasteiger charge is 2.51. The first-order chi connectivity index (χ1) is 5.68. The van der Waals surface area contributed by atoms with Crippen molar-refractivity contribution in [1.82, 2.24) is 5.32 Å². The fraction of sp³-hybridized carbons (Fsp3) is 0.889. The summed E-state index contributed by atoms with van der Waals surface area (Å²) in [5, 5.41) is 3.19. The molecule has 2 rings (SSSR count). The van der Waals surface area contributed by atoms with Gasteiger partial charge in [-0.1, -0.05) is 0 Å². The summed E-state index contributed by atoms with van der Waals surface area (Å²) in [6, 6.07) is -0.00241. The Morgan fingerprint density at radius 2 is 2.33 bits per heavy atom. The van der Waals surface area contributed by atoms with E-state index < -0.39 is 0 Å². The molecule has 1 aliphatic carbocycles. The van der Waals surface area contributed by atoms with Gasteiger partial charge in [-0.05, 0) is 38.6 Å². The summed E-state index contributed by atoms with van der Waals surface area (Å²) in [6.45, 7) is 4.77. The quantitative estimate of drug-likeness (QED) is 0.613. The van der Waals surface area contributed by atoms with E-state index in [1.807, 2.05) is 13.8 Å². The zero-order valence-corrected chi connectivity index (χ0v) is 7.54. The van der Waals surface area contributed by atoms with Gasteiger partial charge >= 0.3 is 5.97 Å². The minimum atomic E-state index is -0.0602. The molecule has 1 saturated heterocycles. The van der Waals surface area contributed by atoms with Gasteiger partial charge in [-0.3, -0.25) is 4.79 Å². The minimum absolute atomic E-state index is 0.00241. The van der Waals surface area contributed by atoms with Crippen molar-refractivity contribution >= 4 is 5.97 Å². The zero-order chi connectivity index (χ0) is 8.72. The maximum absolute atomic E-state index is 11.4. The Labute approximate surface area is 72.5 Å². The van der Waals surface area contributed by atoms with Crippen molar-refractivity contribution in [2.24, 2.45) is 11.8 Å².